The van der Waals surface area contributed by atoms with Gasteiger partial charge in [0.15, 0.2) is 0 Å². The summed E-state index contributed by atoms with van der Waals surface area (Å²) in [6.07, 6.45) is 1.56. The van der Waals surface area contributed by atoms with Crippen molar-refractivity contribution in [3.8, 4) is 0 Å². The molecule has 1 amide bonds. The number of nitrogens with zero attached hydrogens (tertiary/aromatic N) is 1. The summed E-state index contributed by atoms with van der Waals surface area (Å²) in [6, 6.07) is 3.39. The number of aromatic nitrogens is 1. The maximum atomic E-state index is 11.1. The van der Waals surface area contributed by atoms with E-state index in [0.29, 0.717) is 5.15 Å². The first-order valence-corrected chi connectivity index (χ1v) is 4.24. The molecule has 0 spiro atoms. The minimum absolute atomic E-state index is 0.378. The fourth-order valence-corrected chi connectivity index (χ4v) is 1.000. The largest absolute Gasteiger partial charge is 0.369 e. The van der Waals surface area contributed by atoms with Gasteiger partial charge in [0.1, 0.15) is 5.15 Å². The fourth-order valence-electron chi connectivity index (χ4n) is 0.888. The smallest absolute Gasteiger partial charge is 0.227 e. The molecule has 1 rings (SSSR count). The number of primary amides is 1. The van der Waals surface area contributed by atoms with Crippen LogP contribution in [0.3, 0.4) is 0 Å². The summed E-state index contributed by atoms with van der Waals surface area (Å²) in [5, 5.41) is 0.407. The van der Waals surface area contributed by atoms with Crippen LogP contribution in [0, 0.1) is 0 Å². The predicted molar refractivity (Wildman–Crippen MR) is 51.5 cm³/mol. The molecule has 0 radical (unpaired) electrons. The molecule has 0 saturated carbocycles. The molecule has 13 heavy (non-hydrogen) atoms. The summed E-state index contributed by atoms with van der Waals surface area (Å²) >= 11 is 5.61. The lowest BCUT2D eigenvalue weighted by Crippen LogP contribution is -2.35. The summed E-state index contributed by atoms with van der Waals surface area (Å²) < 4.78 is 0. The average Bonchev–Trinajstić information content (AvgIpc) is 2.04. The van der Waals surface area contributed by atoms with Crippen LogP contribution in [0.15, 0.2) is 18.3 Å². The second kappa shape index (κ2) is 3.34. The molecular weight excluding hydrogens is 188 g/mol. The number of rotatable bonds is 2. The molecule has 0 bridgehead atoms. The van der Waals surface area contributed by atoms with E-state index < -0.39 is 5.41 Å². The topological polar surface area (TPSA) is 56.0 Å². The molecule has 70 valence electrons. The summed E-state index contributed by atoms with van der Waals surface area (Å²) in [5.41, 5.74) is 5.31. The van der Waals surface area contributed by atoms with Gasteiger partial charge in [0, 0.05) is 6.20 Å². The van der Waals surface area contributed by atoms with Crippen molar-refractivity contribution in [3.05, 3.63) is 29.0 Å². The van der Waals surface area contributed by atoms with Crippen LogP contribution in [0.4, 0.5) is 0 Å². The van der Waals surface area contributed by atoms with Crippen LogP contribution < -0.4 is 5.73 Å². The molecule has 0 fully saturated rings. The van der Waals surface area contributed by atoms with E-state index in [1.54, 1.807) is 32.2 Å². The van der Waals surface area contributed by atoms with Gasteiger partial charge in [0.05, 0.1) is 5.41 Å². The van der Waals surface area contributed by atoms with Gasteiger partial charge in [-0.1, -0.05) is 17.7 Å². The number of hydrogen-bond acceptors (Lipinski definition) is 2. The molecule has 3 nitrogen and oxygen atoms in total. The summed E-state index contributed by atoms with van der Waals surface area (Å²) in [5.74, 6) is -0.378. The molecule has 0 saturated heterocycles. The number of nitrogens with two attached hydrogens (primary N) is 1. The minimum Gasteiger partial charge on any atom is -0.369 e. The van der Waals surface area contributed by atoms with Crippen molar-refractivity contribution in [2.75, 3.05) is 0 Å². The summed E-state index contributed by atoms with van der Waals surface area (Å²) in [4.78, 5) is 15.0. The molecule has 0 unspecified atom stereocenters. The minimum atomic E-state index is -0.697. The number of hydrogen-bond donors (Lipinski definition) is 1. The maximum absolute atomic E-state index is 11.1. The first-order valence-electron chi connectivity index (χ1n) is 3.86. The van der Waals surface area contributed by atoms with Gasteiger partial charge < -0.3 is 5.73 Å². The van der Waals surface area contributed by atoms with E-state index in [9.17, 15) is 4.79 Å². The van der Waals surface area contributed by atoms with Gasteiger partial charge >= 0.3 is 0 Å². The van der Waals surface area contributed by atoms with E-state index in [2.05, 4.69) is 4.98 Å². The van der Waals surface area contributed by atoms with Crippen LogP contribution >= 0.6 is 11.6 Å². The Labute approximate surface area is 81.9 Å². The number of amides is 1. The van der Waals surface area contributed by atoms with Crippen molar-refractivity contribution in [1.29, 1.82) is 0 Å². The summed E-state index contributed by atoms with van der Waals surface area (Å²) in [7, 11) is 0. The molecular formula is C9H11ClN2O. The Morgan fingerprint density at radius 2 is 2.15 bits per heavy atom. The van der Waals surface area contributed by atoms with Crippen molar-refractivity contribution in [3.63, 3.8) is 0 Å². The lowest BCUT2D eigenvalue weighted by molar-refractivity contribution is -0.122. The lowest BCUT2D eigenvalue weighted by Gasteiger charge is -2.20. The van der Waals surface area contributed by atoms with Gasteiger partial charge in [-0.25, -0.2) is 4.98 Å². The molecule has 1 aromatic heterocycles. The Morgan fingerprint density at radius 3 is 2.54 bits per heavy atom. The molecule has 1 aromatic rings. The Morgan fingerprint density at radius 1 is 1.54 bits per heavy atom. The van der Waals surface area contributed by atoms with Crippen LogP contribution in [0.2, 0.25) is 5.15 Å². The monoisotopic (exact) mass is 198 g/mol. The Hall–Kier alpha value is -1.09. The van der Waals surface area contributed by atoms with E-state index in [-0.39, 0.29) is 5.91 Å². The molecule has 2 N–H and O–H groups in total. The molecule has 0 atom stereocenters. The first kappa shape index (κ1) is 9.99. The van der Waals surface area contributed by atoms with Gasteiger partial charge in [0.2, 0.25) is 5.91 Å². The zero-order valence-corrected chi connectivity index (χ0v) is 8.30. The van der Waals surface area contributed by atoms with Gasteiger partial charge in [-0.15, -0.1) is 0 Å². The Balaban J connectivity index is 3.08. The summed E-state index contributed by atoms with van der Waals surface area (Å²) in [6.45, 7) is 3.50. The zero-order chi connectivity index (χ0) is 10.1. The van der Waals surface area contributed by atoms with Crippen LogP contribution in [0.1, 0.15) is 19.4 Å². The quantitative estimate of drug-likeness (QED) is 0.733. The van der Waals surface area contributed by atoms with E-state index in [1.807, 2.05) is 0 Å². The van der Waals surface area contributed by atoms with Crippen molar-refractivity contribution >= 4 is 17.5 Å². The van der Waals surface area contributed by atoms with Crippen molar-refractivity contribution < 1.29 is 4.79 Å². The third-order valence-electron chi connectivity index (χ3n) is 2.07. The number of carbonyl (C=O) groups is 1. The van der Waals surface area contributed by atoms with Crippen molar-refractivity contribution in [2.24, 2.45) is 5.73 Å². The van der Waals surface area contributed by atoms with Crippen LogP contribution in [-0.2, 0) is 10.2 Å². The lowest BCUT2D eigenvalue weighted by atomic mass is 9.85. The van der Waals surface area contributed by atoms with E-state index in [1.165, 1.54) is 0 Å². The predicted octanol–water partition coefficient (Wildman–Crippen LogP) is 1.50. The standard InChI is InChI=1S/C9H11ClN2O/c1-9(2,8(11)13)6-3-4-7(10)12-5-6/h3-5H,1-2H3,(H2,11,13). The zero-order valence-electron chi connectivity index (χ0n) is 7.54. The Kier molecular flexibility index (Phi) is 2.57. The molecule has 0 aromatic carbocycles. The molecule has 0 aliphatic rings. The van der Waals surface area contributed by atoms with Crippen molar-refractivity contribution in [2.45, 2.75) is 19.3 Å². The third kappa shape index (κ3) is 1.98. The number of carbonyl (C=O) groups excluding carboxylic acids is 1. The van der Waals surface area contributed by atoms with E-state index in [0.717, 1.165) is 5.56 Å². The average molecular weight is 199 g/mol. The van der Waals surface area contributed by atoms with Crippen molar-refractivity contribution in [1.82, 2.24) is 4.98 Å². The second-order valence-electron chi connectivity index (χ2n) is 3.36. The van der Waals surface area contributed by atoms with Gasteiger partial charge in [-0.2, -0.15) is 0 Å². The third-order valence-corrected chi connectivity index (χ3v) is 2.29. The number of halogens is 1. The van der Waals surface area contributed by atoms with Crippen LogP contribution in [0.25, 0.3) is 0 Å². The highest BCUT2D eigenvalue weighted by atomic mass is 35.5. The highest BCUT2D eigenvalue weighted by molar-refractivity contribution is 6.29. The SMILES string of the molecule is CC(C)(C(N)=O)c1ccc(Cl)nc1. The molecule has 0 aliphatic carbocycles. The molecule has 0 aliphatic heterocycles. The van der Waals surface area contributed by atoms with E-state index in [4.69, 9.17) is 17.3 Å². The highest BCUT2D eigenvalue weighted by Crippen LogP contribution is 2.22. The van der Waals surface area contributed by atoms with Gasteiger partial charge in [-0.3, -0.25) is 4.79 Å². The van der Waals surface area contributed by atoms with Crippen LogP contribution in [-0.4, -0.2) is 10.9 Å². The normalized spacial score (nSPS) is 11.3. The second-order valence-corrected chi connectivity index (χ2v) is 3.75. The van der Waals surface area contributed by atoms with Crippen LogP contribution in [0.5, 0.6) is 0 Å². The van der Waals surface area contributed by atoms with E-state index >= 15 is 0 Å². The number of pyridine rings is 1. The highest BCUT2D eigenvalue weighted by Gasteiger charge is 2.27. The first-order chi connectivity index (χ1) is 5.94. The fraction of sp³-hybridized carbons (Fsp3) is 0.333. The molecule has 1 heterocycles. The van der Waals surface area contributed by atoms with Gasteiger partial charge in [-0.05, 0) is 25.5 Å². The Bertz CT molecular complexity index is 319. The molecule has 4 heteroatoms. The van der Waals surface area contributed by atoms with Gasteiger partial charge in [0.25, 0.3) is 0 Å². The maximum Gasteiger partial charge on any atom is 0.227 e.